The predicted octanol–water partition coefficient (Wildman–Crippen LogP) is 2.49. The van der Waals surface area contributed by atoms with Crippen molar-refractivity contribution in [2.75, 3.05) is 25.5 Å². The van der Waals surface area contributed by atoms with Gasteiger partial charge in [0.2, 0.25) is 11.8 Å². The summed E-state index contributed by atoms with van der Waals surface area (Å²) in [4.78, 5) is 38.2. The average Bonchev–Trinajstić information content (AvgIpc) is 2.65. The van der Waals surface area contributed by atoms with Gasteiger partial charge in [-0.25, -0.2) is 0 Å². The van der Waals surface area contributed by atoms with Crippen molar-refractivity contribution in [3.8, 4) is 0 Å². The second-order valence-electron chi connectivity index (χ2n) is 7.39. The summed E-state index contributed by atoms with van der Waals surface area (Å²) in [6, 6.07) is 14.7. The number of amides is 2. The fourth-order valence-corrected chi connectivity index (χ4v) is 3.01. The largest absolute Gasteiger partial charge is 0.345 e. The molecule has 0 saturated heterocycles. The molecule has 0 spiro atoms. The second kappa shape index (κ2) is 10.5. The summed E-state index contributed by atoms with van der Waals surface area (Å²) in [5.41, 5.74) is 3.87. The Hall–Kier alpha value is -2.99. The molecule has 0 bridgehead atoms. The van der Waals surface area contributed by atoms with Crippen LogP contribution in [0.15, 0.2) is 48.5 Å². The predicted molar refractivity (Wildman–Crippen MR) is 115 cm³/mol. The Kier molecular flexibility index (Phi) is 8.09. The second-order valence-corrected chi connectivity index (χ2v) is 7.39. The minimum absolute atomic E-state index is 0.0266. The van der Waals surface area contributed by atoms with Gasteiger partial charge in [-0.15, -0.1) is 0 Å². The molecule has 2 amide bonds. The van der Waals surface area contributed by atoms with E-state index in [1.807, 2.05) is 62.4 Å². The number of ketones is 1. The van der Waals surface area contributed by atoms with Crippen LogP contribution in [0.4, 0.5) is 5.69 Å². The van der Waals surface area contributed by atoms with Crippen molar-refractivity contribution in [2.24, 2.45) is 0 Å². The maximum atomic E-state index is 12.4. The highest BCUT2D eigenvalue weighted by Crippen LogP contribution is 2.17. The summed E-state index contributed by atoms with van der Waals surface area (Å²) in [6.45, 7) is 5.51. The Morgan fingerprint density at radius 3 is 2.24 bits per heavy atom. The first-order valence-corrected chi connectivity index (χ1v) is 9.64. The third kappa shape index (κ3) is 7.16. The van der Waals surface area contributed by atoms with Gasteiger partial charge in [0.25, 0.3) is 0 Å². The van der Waals surface area contributed by atoms with Crippen molar-refractivity contribution in [3.63, 3.8) is 0 Å². The Labute approximate surface area is 172 Å². The summed E-state index contributed by atoms with van der Waals surface area (Å²) >= 11 is 0. The molecule has 2 aromatic rings. The Morgan fingerprint density at radius 2 is 1.59 bits per heavy atom. The lowest BCUT2D eigenvalue weighted by Gasteiger charge is -2.20. The first-order valence-electron chi connectivity index (χ1n) is 9.64. The van der Waals surface area contributed by atoms with Gasteiger partial charge in [0.15, 0.2) is 5.78 Å². The van der Waals surface area contributed by atoms with Crippen LogP contribution in [0.2, 0.25) is 0 Å². The van der Waals surface area contributed by atoms with Crippen molar-refractivity contribution in [2.45, 2.75) is 33.2 Å². The van der Waals surface area contributed by atoms with Gasteiger partial charge >= 0.3 is 0 Å². The molecule has 0 aromatic heterocycles. The van der Waals surface area contributed by atoms with Gasteiger partial charge in [0.05, 0.1) is 19.1 Å². The zero-order chi connectivity index (χ0) is 21.4. The molecular formula is C23H29N3O3. The van der Waals surface area contributed by atoms with Crippen LogP contribution >= 0.6 is 0 Å². The van der Waals surface area contributed by atoms with Gasteiger partial charge in [-0.3, -0.25) is 19.3 Å². The normalized spacial score (nSPS) is 11.8. The molecule has 0 aliphatic carbocycles. The fraction of sp³-hybridized carbons (Fsp3) is 0.348. The number of nitrogens with zero attached hydrogens (tertiary/aromatic N) is 1. The number of hydrogen-bond donors (Lipinski definition) is 2. The average molecular weight is 396 g/mol. The molecule has 2 rings (SSSR count). The monoisotopic (exact) mass is 395 g/mol. The van der Waals surface area contributed by atoms with Crippen LogP contribution in [-0.4, -0.2) is 48.7 Å². The van der Waals surface area contributed by atoms with E-state index in [0.717, 1.165) is 22.4 Å². The van der Waals surface area contributed by atoms with Crippen molar-refractivity contribution in [1.82, 2.24) is 10.2 Å². The summed E-state index contributed by atoms with van der Waals surface area (Å²) in [7, 11) is 1.70. The van der Waals surface area contributed by atoms with Crippen molar-refractivity contribution in [3.05, 3.63) is 65.2 Å². The minimum atomic E-state index is -0.581. The van der Waals surface area contributed by atoms with Crippen molar-refractivity contribution < 1.29 is 14.4 Å². The van der Waals surface area contributed by atoms with Crippen LogP contribution in [0.3, 0.4) is 0 Å². The van der Waals surface area contributed by atoms with E-state index in [-0.39, 0.29) is 30.7 Å². The number of likely N-dealkylation sites (N-methyl/N-ethyl adjacent to an activating group) is 1. The molecule has 6 nitrogen and oxygen atoms in total. The van der Waals surface area contributed by atoms with E-state index in [4.69, 9.17) is 0 Å². The number of carbonyl (C=O) groups excluding carboxylic acids is 3. The number of nitrogens with one attached hydrogen (secondary N) is 2. The number of hydrogen-bond acceptors (Lipinski definition) is 4. The van der Waals surface area contributed by atoms with E-state index in [2.05, 4.69) is 10.6 Å². The highest BCUT2D eigenvalue weighted by Gasteiger charge is 2.19. The van der Waals surface area contributed by atoms with E-state index >= 15 is 0 Å². The molecule has 0 aliphatic heterocycles. The Morgan fingerprint density at radius 1 is 0.931 bits per heavy atom. The number of rotatable bonds is 9. The zero-order valence-electron chi connectivity index (χ0n) is 17.5. The quantitative estimate of drug-likeness (QED) is 0.684. The lowest BCUT2D eigenvalue weighted by atomic mass is 10.0. The van der Waals surface area contributed by atoms with Gasteiger partial charge < -0.3 is 10.6 Å². The van der Waals surface area contributed by atoms with Gasteiger partial charge in [-0.05, 0) is 57.0 Å². The minimum Gasteiger partial charge on any atom is -0.345 e. The Balaban J connectivity index is 1.86. The highest BCUT2D eigenvalue weighted by molar-refractivity contribution is 5.93. The third-order valence-corrected chi connectivity index (χ3v) is 4.81. The topological polar surface area (TPSA) is 78.5 Å². The van der Waals surface area contributed by atoms with Crippen LogP contribution < -0.4 is 10.6 Å². The van der Waals surface area contributed by atoms with Gasteiger partial charge in [0.1, 0.15) is 0 Å². The number of aryl methyl sites for hydroxylation is 1. The number of Topliss-reactive ketones (excluding diaryl/α,β-unsaturated/α-hetero) is 1. The summed E-state index contributed by atoms with van der Waals surface area (Å²) in [6.07, 6.45) is 0.443. The molecule has 0 saturated carbocycles. The van der Waals surface area contributed by atoms with Crippen LogP contribution in [0, 0.1) is 13.8 Å². The highest BCUT2D eigenvalue weighted by atomic mass is 16.2. The van der Waals surface area contributed by atoms with Crippen LogP contribution in [0.25, 0.3) is 0 Å². The van der Waals surface area contributed by atoms with Gasteiger partial charge in [-0.2, -0.15) is 0 Å². The van der Waals surface area contributed by atoms with E-state index in [0.29, 0.717) is 6.42 Å². The molecule has 6 heteroatoms. The first kappa shape index (κ1) is 22.3. The van der Waals surface area contributed by atoms with Gasteiger partial charge in [-0.1, -0.05) is 42.5 Å². The number of benzene rings is 2. The summed E-state index contributed by atoms with van der Waals surface area (Å²) < 4.78 is 0. The molecule has 0 aliphatic rings. The molecule has 0 fully saturated rings. The molecule has 1 atom stereocenters. The third-order valence-electron chi connectivity index (χ3n) is 4.81. The zero-order valence-corrected chi connectivity index (χ0v) is 17.5. The molecule has 154 valence electrons. The SMILES string of the molecule is CC(=O)[C@@H](Cc1ccccc1)NC(=O)CN(C)CC(=O)Nc1cccc(C)c1C. The van der Waals surface area contributed by atoms with Crippen LogP contribution in [0.5, 0.6) is 0 Å². The van der Waals surface area contributed by atoms with E-state index in [1.54, 1.807) is 11.9 Å². The first-order chi connectivity index (χ1) is 13.8. The standard InChI is InChI=1S/C23H29N3O3/c1-16-9-8-12-20(17(16)2)24-22(28)14-26(4)15-23(29)25-21(18(3)27)13-19-10-6-5-7-11-19/h5-12,21H,13-15H2,1-4H3,(H,24,28)(H,25,29)/t21-/m1/s1. The number of anilines is 1. The molecule has 0 unspecified atom stereocenters. The molecule has 0 heterocycles. The molecule has 2 N–H and O–H groups in total. The molecule has 29 heavy (non-hydrogen) atoms. The lowest BCUT2D eigenvalue weighted by Crippen LogP contribution is -2.46. The maximum absolute atomic E-state index is 12.4. The van der Waals surface area contributed by atoms with Crippen molar-refractivity contribution >= 4 is 23.3 Å². The Bertz CT molecular complexity index is 865. The maximum Gasteiger partial charge on any atom is 0.238 e. The smallest absolute Gasteiger partial charge is 0.238 e. The van der Waals surface area contributed by atoms with Crippen molar-refractivity contribution in [1.29, 1.82) is 0 Å². The van der Waals surface area contributed by atoms with E-state index < -0.39 is 6.04 Å². The van der Waals surface area contributed by atoms with E-state index in [9.17, 15) is 14.4 Å². The van der Waals surface area contributed by atoms with Gasteiger partial charge in [0, 0.05) is 5.69 Å². The lowest BCUT2D eigenvalue weighted by molar-refractivity contribution is -0.128. The fourth-order valence-electron chi connectivity index (χ4n) is 3.01. The van der Waals surface area contributed by atoms with E-state index in [1.165, 1.54) is 6.92 Å². The molecular weight excluding hydrogens is 366 g/mol. The molecule has 2 aromatic carbocycles. The molecule has 0 radical (unpaired) electrons. The van der Waals surface area contributed by atoms with Crippen LogP contribution in [0.1, 0.15) is 23.6 Å². The summed E-state index contributed by atoms with van der Waals surface area (Å²) in [5.74, 6) is -0.581. The summed E-state index contributed by atoms with van der Waals surface area (Å²) in [5, 5.41) is 5.65. The van der Waals surface area contributed by atoms with Crippen LogP contribution in [-0.2, 0) is 20.8 Å². The number of carbonyl (C=O) groups is 3.